The Balaban J connectivity index is 1.53. The van der Waals surface area contributed by atoms with Crippen LogP contribution in [0, 0.1) is 6.92 Å². The lowest BCUT2D eigenvalue weighted by molar-refractivity contribution is 0.485. The molecule has 0 bridgehead atoms. The van der Waals surface area contributed by atoms with Crippen LogP contribution in [0.5, 0.6) is 0 Å². The zero-order valence-electron chi connectivity index (χ0n) is 15.0. The number of nitrogens with one attached hydrogen (secondary N) is 1. The molecule has 26 heavy (non-hydrogen) atoms. The highest BCUT2D eigenvalue weighted by atomic mass is 16.4. The average molecular weight is 348 g/mol. The second kappa shape index (κ2) is 6.63. The zero-order chi connectivity index (χ0) is 18.1. The molecular weight excluding hydrogens is 328 g/mol. The van der Waals surface area contributed by atoms with E-state index in [2.05, 4.69) is 20.5 Å². The molecule has 4 aromatic rings. The van der Waals surface area contributed by atoms with Crippen molar-refractivity contribution in [2.75, 3.05) is 5.32 Å². The number of benzene rings is 2. The maximum atomic E-state index is 5.83. The molecule has 0 aliphatic carbocycles. The molecule has 0 aliphatic rings. The second-order valence-corrected chi connectivity index (χ2v) is 6.32. The summed E-state index contributed by atoms with van der Waals surface area (Å²) in [6.07, 6.45) is 0.775. The first kappa shape index (κ1) is 16.3. The molecule has 4 rings (SSSR count). The number of aromatic nitrogens is 3. The Labute approximate surface area is 151 Å². The van der Waals surface area contributed by atoms with Gasteiger partial charge in [-0.3, -0.25) is 0 Å². The van der Waals surface area contributed by atoms with Crippen LogP contribution in [-0.4, -0.2) is 15.2 Å². The summed E-state index contributed by atoms with van der Waals surface area (Å²) in [6.45, 7) is 6.05. The summed E-state index contributed by atoms with van der Waals surface area (Å²) in [5.74, 6) is 1.80. The average Bonchev–Trinajstić information content (AvgIpc) is 3.29. The summed E-state index contributed by atoms with van der Waals surface area (Å²) in [7, 11) is 0. The van der Waals surface area contributed by atoms with E-state index in [9.17, 15) is 0 Å². The van der Waals surface area contributed by atoms with Crippen molar-refractivity contribution in [3.05, 3.63) is 59.8 Å². The zero-order valence-corrected chi connectivity index (χ0v) is 15.0. The van der Waals surface area contributed by atoms with Gasteiger partial charge in [0.15, 0.2) is 11.5 Å². The molecule has 0 fully saturated rings. The first-order valence-corrected chi connectivity index (χ1v) is 8.69. The van der Waals surface area contributed by atoms with Crippen molar-refractivity contribution < 1.29 is 8.83 Å². The third kappa shape index (κ3) is 3.18. The molecule has 6 heteroatoms. The van der Waals surface area contributed by atoms with E-state index in [1.165, 1.54) is 5.56 Å². The molecule has 132 valence electrons. The molecule has 0 saturated heterocycles. The number of hydrogen-bond acceptors (Lipinski definition) is 6. The molecule has 2 heterocycles. The van der Waals surface area contributed by atoms with Gasteiger partial charge in [-0.1, -0.05) is 24.6 Å². The SMILES string of the molecule is CCc1nc2cc(N[C@@H](C)c3nnc(-c4ccc(C)cc4)o3)ccc2o1. The van der Waals surface area contributed by atoms with E-state index in [0.29, 0.717) is 11.8 Å². The maximum Gasteiger partial charge on any atom is 0.247 e. The Morgan fingerprint density at radius 1 is 1.04 bits per heavy atom. The van der Waals surface area contributed by atoms with Gasteiger partial charge in [-0.25, -0.2) is 4.98 Å². The fourth-order valence-corrected chi connectivity index (χ4v) is 2.75. The molecule has 6 nitrogen and oxygen atoms in total. The molecule has 0 radical (unpaired) electrons. The molecule has 2 aromatic heterocycles. The minimum atomic E-state index is -0.128. The largest absolute Gasteiger partial charge is 0.441 e. The quantitative estimate of drug-likeness (QED) is 0.551. The van der Waals surface area contributed by atoms with Gasteiger partial charge < -0.3 is 14.2 Å². The lowest BCUT2D eigenvalue weighted by atomic mass is 10.1. The smallest absolute Gasteiger partial charge is 0.247 e. The van der Waals surface area contributed by atoms with Crippen LogP contribution in [-0.2, 0) is 6.42 Å². The van der Waals surface area contributed by atoms with Crippen LogP contribution in [0.25, 0.3) is 22.6 Å². The first-order valence-electron chi connectivity index (χ1n) is 8.69. The van der Waals surface area contributed by atoms with Crippen LogP contribution < -0.4 is 5.32 Å². The summed E-state index contributed by atoms with van der Waals surface area (Å²) < 4.78 is 11.5. The van der Waals surface area contributed by atoms with E-state index in [0.717, 1.165) is 34.7 Å². The Bertz CT molecular complexity index is 1030. The van der Waals surface area contributed by atoms with Gasteiger partial charge in [0.1, 0.15) is 11.6 Å². The second-order valence-electron chi connectivity index (χ2n) is 6.32. The van der Waals surface area contributed by atoms with Gasteiger partial charge in [0, 0.05) is 17.7 Å². The van der Waals surface area contributed by atoms with Crippen molar-refractivity contribution in [2.45, 2.75) is 33.2 Å². The van der Waals surface area contributed by atoms with Gasteiger partial charge in [0.2, 0.25) is 11.8 Å². The number of oxazole rings is 1. The van der Waals surface area contributed by atoms with Crippen molar-refractivity contribution in [1.82, 2.24) is 15.2 Å². The van der Waals surface area contributed by atoms with E-state index in [4.69, 9.17) is 8.83 Å². The molecular formula is C20H20N4O2. The van der Waals surface area contributed by atoms with Crippen molar-refractivity contribution >= 4 is 16.8 Å². The molecule has 0 amide bonds. The van der Waals surface area contributed by atoms with E-state index in [1.54, 1.807) is 0 Å². The standard InChI is InChI=1S/C20H20N4O2/c1-4-18-22-16-11-15(9-10-17(16)25-18)21-13(3)19-23-24-20(26-19)14-7-5-12(2)6-8-14/h5-11,13,21H,4H2,1-3H3/t13-/m0/s1. The third-order valence-corrected chi connectivity index (χ3v) is 4.23. The molecule has 2 aromatic carbocycles. The number of hydrogen-bond donors (Lipinski definition) is 1. The number of nitrogens with zero attached hydrogens (tertiary/aromatic N) is 3. The number of anilines is 1. The van der Waals surface area contributed by atoms with E-state index in [1.807, 2.05) is 63.2 Å². The van der Waals surface area contributed by atoms with Gasteiger partial charge >= 0.3 is 0 Å². The lowest BCUT2D eigenvalue weighted by Gasteiger charge is -2.10. The molecule has 0 spiro atoms. The number of fused-ring (bicyclic) bond motifs is 1. The topological polar surface area (TPSA) is 77.0 Å². The summed E-state index contributed by atoms with van der Waals surface area (Å²) in [5.41, 5.74) is 4.66. The Kier molecular flexibility index (Phi) is 4.16. The highest BCUT2D eigenvalue weighted by Crippen LogP contribution is 2.25. The van der Waals surface area contributed by atoms with Crippen LogP contribution >= 0.6 is 0 Å². The summed E-state index contributed by atoms with van der Waals surface area (Å²) >= 11 is 0. The predicted octanol–water partition coefficient (Wildman–Crippen LogP) is 4.92. The van der Waals surface area contributed by atoms with E-state index >= 15 is 0 Å². The Morgan fingerprint density at radius 2 is 1.85 bits per heavy atom. The number of aryl methyl sites for hydroxylation is 2. The fourth-order valence-electron chi connectivity index (χ4n) is 2.75. The maximum absolute atomic E-state index is 5.83. The molecule has 0 unspecified atom stereocenters. The van der Waals surface area contributed by atoms with Crippen molar-refractivity contribution in [1.29, 1.82) is 0 Å². The Hall–Kier alpha value is -3.15. The van der Waals surface area contributed by atoms with E-state index < -0.39 is 0 Å². The normalized spacial score (nSPS) is 12.4. The minimum absolute atomic E-state index is 0.128. The van der Waals surface area contributed by atoms with E-state index in [-0.39, 0.29) is 6.04 Å². The minimum Gasteiger partial charge on any atom is -0.441 e. The Morgan fingerprint density at radius 3 is 2.62 bits per heavy atom. The van der Waals surface area contributed by atoms with Crippen molar-refractivity contribution in [2.24, 2.45) is 0 Å². The molecule has 0 aliphatic heterocycles. The highest BCUT2D eigenvalue weighted by molar-refractivity contribution is 5.77. The number of rotatable bonds is 5. The molecule has 1 N–H and O–H groups in total. The van der Waals surface area contributed by atoms with Crippen LogP contribution in [0.15, 0.2) is 51.3 Å². The fraction of sp³-hybridized carbons (Fsp3) is 0.250. The first-order chi connectivity index (χ1) is 12.6. The van der Waals surface area contributed by atoms with Gasteiger partial charge in [0.05, 0.1) is 0 Å². The monoisotopic (exact) mass is 348 g/mol. The van der Waals surface area contributed by atoms with Crippen molar-refractivity contribution in [3.8, 4) is 11.5 Å². The van der Waals surface area contributed by atoms with Crippen LogP contribution in [0.3, 0.4) is 0 Å². The molecule has 1 atom stereocenters. The predicted molar refractivity (Wildman–Crippen MR) is 99.9 cm³/mol. The van der Waals surface area contributed by atoms with Crippen LogP contribution in [0.1, 0.15) is 37.2 Å². The van der Waals surface area contributed by atoms with Gasteiger partial charge in [-0.15, -0.1) is 10.2 Å². The summed E-state index contributed by atoms with van der Waals surface area (Å²) in [5, 5.41) is 11.7. The van der Waals surface area contributed by atoms with Gasteiger partial charge in [0.25, 0.3) is 0 Å². The highest BCUT2D eigenvalue weighted by Gasteiger charge is 2.15. The van der Waals surface area contributed by atoms with Gasteiger partial charge in [-0.2, -0.15) is 0 Å². The van der Waals surface area contributed by atoms with Crippen LogP contribution in [0.2, 0.25) is 0 Å². The van der Waals surface area contributed by atoms with Crippen LogP contribution in [0.4, 0.5) is 5.69 Å². The summed E-state index contributed by atoms with van der Waals surface area (Å²) in [6, 6.07) is 13.7. The summed E-state index contributed by atoms with van der Waals surface area (Å²) in [4.78, 5) is 4.46. The molecule has 0 saturated carbocycles. The third-order valence-electron chi connectivity index (χ3n) is 4.23. The lowest BCUT2D eigenvalue weighted by Crippen LogP contribution is -2.06. The van der Waals surface area contributed by atoms with Gasteiger partial charge in [-0.05, 0) is 44.2 Å². The van der Waals surface area contributed by atoms with Crippen molar-refractivity contribution in [3.63, 3.8) is 0 Å².